The predicted octanol–water partition coefficient (Wildman–Crippen LogP) is 5.48. The van der Waals surface area contributed by atoms with Gasteiger partial charge in [-0.1, -0.05) is 60.7 Å². The number of hydrogen-bond donors (Lipinski definition) is 2. The summed E-state index contributed by atoms with van der Waals surface area (Å²) in [4.78, 5) is 25.4. The quantitative estimate of drug-likeness (QED) is 0.441. The Labute approximate surface area is 179 Å². The summed E-state index contributed by atoms with van der Waals surface area (Å²) in [6.45, 7) is 0. The average Bonchev–Trinajstić information content (AvgIpc) is 2.79. The van der Waals surface area contributed by atoms with E-state index < -0.39 is 6.04 Å². The first-order valence-corrected chi connectivity index (χ1v) is 9.98. The first kappa shape index (κ1) is 20.3. The number of benzene rings is 4. The van der Waals surface area contributed by atoms with Crippen molar-refractivity contribution in [2.24, 2.45) is 0 Å². The second kappa shape index (κ2) is 9.22. The smallest absolute Gasteiger partial charge is 0.251 e. The lowest BCUT2D eigenvalue weighted by molar-refractivity contribution is -0.116. The zero-order chi connectivity index (χ0) is 21.6. The Balaban J connectivity index is 1.52. The van der Waals surface area contributed by atoms with Crippen LogP contribution in [0, 0.1) is 5.82 Å². The van der Waals surface area contributed by atoms with Gasteiger partial charge in [0.25, 0.3) is 5.91 Å². The van der Waals surface area contributed by atoms with Crippen molar-refractivity contribution < 1.29 is 14.0 Å². The number of anilines is 1. The number of halogens is 1. The molecule has 0 aliphatic heterocycles. The Morgan fingerprint density at radius 1 is 0.774 bits per heavy atom. The Kier molecular flexibility index (Phi) is 6.03. The molecule has 1 atom stereocenters. The third kappa shape index (κ3) is 5.14. The second-order valence-corrected chi connectivity index (χ2v) is 7.26. The lowest BCUT2D eigenvalue weighted by Crippen LogP contribution is -2.31. The van der Waals surface area contributed by atoms with Gasteiger partial charge in [-0.15, -0.1) is 0 Å². The van der Waals surface area contributed by atoms with Crippen molar-refractivity contribution in [2.45, 2.75) is 12.5 Å². The molecule has 0 aliphatic carbocycles. The summed E-state index contributed by atoms with van der Waals surface area (Å²) in [5.74, 6) is -0.927. The van der Waals surface area contributed by atoms with Gasteiger partial charge >= 0.3 is 0 Å². The maximum Gasteiger partial charge on any atom is 0.251 e. The van der Waals surface area contributed by atoms with Crippen LogP contribution >= 0.6 is 0 Å². The number of fused-ring (bicyclic) bond motifs is 1. The SMILES string of the molecule is O=C(C[C@H](NC(=O)c1ccccc1)c1ccc(F)cc1)Nc1ccc2ccccc2c1. The third-order valence-corrected chi connectivity index (χ3v) is 5.04. The summed E-state index contributed by atoms with van der Waals surface area (Å²) in [5.41, 5.74) is 1.82. The summed E-state index contributed by atoms with van der Waals surface area (Å²) in [6, 6.07) is 27.5. The monoisotopic (exact) mass is 412 g/mol. The minimum atomic E-state index is -0.603. The van der Waals surface area contributed by atoms with Crippen molar-refractivity contribution in [3.05, 3.63) is 114 Å². The van der Waals surface area contributed by atoms with E-state index in [9.17, 15) is 14.0 Å². The molecule has 2 N–H and O–H groups in total. The number of nitrogens with one attached hydrogen (secondary N) is 2. The molecule has 0 spiro atoms. The highest BCUT2D eigenvalue weighted by Gasteiger charge is 2.19. The van der Waals surface area contributed by atoms with Gasteiger partial charge in [0.05, 0.1) is 12.5 Å². The number of rotatable bonds is 6. The molecule has 31 heavy (non-hydrogen) atoms. The molecule has 2 amide bonds. The van der Waals surface area contributed by atoms with Crippen LogP contribution < -0.4 is 10.6 Å². The largest absolute Gasteiger partial charge is 0.345 e. The molecule has 4 rings (SSSR count). The summed E-state index contributed by atoms with van der Waals surface area (Å²) < 4.78 is 13.4. The van der Waals surface area contributed by atoms with Gasteiger partial charge in [-0.25, -0.2) is 4.39 Å². The summed E-state index contributed by atoms with van der Waals surface area (Å²) >= 11 is 0. The van der Waals surface area contributed by atoms with Crippen LogP contribution in [0.25, 0.3) is 10.8 Å². The molecule has 0 fully saturated rings. The van der Waals surface area contributed by atoms with Gasteiger partial charge in [0.15, 0.2) is 0 Å². The maximum atomic E-state index is 13.4. The number of amides is 2. The highest BCUT2D eigenvalue weighted by molar-refractivity contribution is 5.97. The number of carbonyl (C=O) groups excluding carboxylic acids is 2. The van der Waals surface area contributed by atoms with Crippen LogP contribution in [0.3, 0.4) is 0 Å². The summed E-state index contributed by atoms with van der Waals surface area (Å²) in [5, 5.41) is 7.89. The van der Waals surface area contributed by atoms with Crippen LogP contribution in [-0.4, -0.2) is 11.8 Å². The third-order valence-electron chi connectivity index (χ3n) is 5.04. The van der Waals surface area contributed by atoms with Crippen molar-refractivity contribution in [1.82, 2.24) is 5.32 Å². The summed E-state index contributed by atoms with van der Waals surface area (Å²) in [7, 11) is 0. The Bertz CT molecular complexity index is 1210. The van der Waals surface area contributed by atoms with E-state index in [2.05, 4.69) is 10.6 Å². The van der Waals surface area contributed by atoms with Gasteiger partial charge in [0.1, 0.15) is 5.82 Å². The molecule has 0 aromatic heterocycles. The molecule has 0 radical (unpaired) electrons. The van der Waals surface area contributed by atoms with E-state index in [1.807, 2.05) is 48.5 Å². The first-order chi connectivity index (χ1) is 15.1. The maximum absolute atomic E-state index is 13.4. The Morgan fingerprint density at radius 2 is 1.45 bits per heavy atom. The standard InChI is InChI=1S/C26H21FN2O2/c27-22-13-10-19(11-14-22)24(29-26(31)20-7-2-1-3-8-20)17-25(30)28-23-15-12-18-6-4-5-9-21(18)16-23/h1-16,24H,17H2,(H,28,30)(H,29,31)/t24-/m0/s1. The van der Waals surface area contributed by atoms with Crippen LogP contribution in [-0.2, 0) is 4.79 Å². The van der Waals surface area contributed by atoms with Crippen molar-refractivity contribution in [2.75, 3.05) is 5.32 Å². The predicted molar refractivity (Wildman–Crippen MR) is 120 cm³/mol. The fourth-order valence-electron chi connectivity index (χ4n) is 3.44. The summed E-state index contributed by atoms with van der Waals surface area (Å²) in [6.07, 6.45) is 0.0109. The average molecular weight is 412 g/mol. The minimum absolute atomic E-state index is 0.0109. The molecular formula is C26H21FN2O2. The zero-order valence-corrected chi connectivity index (χ0v) is 16.7. The van der Waals surface area contributed by atoms with Gasteiger partial charge in [0, 0.05) is 11.3 Å². The van der Waals surface area contributed by atoms with E-state index in [1.54, 1.807) is 36.4 Å². The highest BCUT2D eigenvalue weighted by Crippen LogP contribution is 2.22. The molecular weight excluding hydrogens is 391 g/mol. The van der Waals surface area contributed by atoms with Crippen LogP contribution in [0.15, 0.2) is 97.1 Å². The molecule has 0 heterocycles. The molecule has 0 bridgehead atoms. The molecule has 0 saturated carbocycles. The molecule has 154 valence electrons. The van der Waals surface area contributed by atoms with Crippen LogP contribution in [0.2, 0.25) is 0 Å². The topological polar surface area (TPSA) is 58.2 Å². The fraction of sp³-hybridized carbons (Fsp3) is 0.0769. The minimum Gasteiger partial charge on any atom is -0.345 e. The van der Waals surface area contributed by atoms with Gasteiger partial charge in [-0.3, -0.25) is 9.59 Å². The van der Waals surface area contributed by atoms with E-state index in [0.717, 1.165) is 10.8 Å². The van der Waals surface area contributed by atoms with E-state index >= 15 is 0 Å². The normalized spacial score (nSPS) is 11.6. The lowest BCUT2D eigenvalue weighted by Gasteiger charge is -2.19. The number of hydrogen-bond acceptors (Lipinski definition) is 2. The Morgan fingerprint density at radius 3 is 2.19 bits per heavy atom. The van der Waals surface area contributed by atoms with Crippen LogP contribution in [0.1, 0.15) is 28.4 Å². The molecule has 4 aromatic carbocycles. The van der Waals surface area contributed by atoms with Gasteiger partial charge in [0.2, 0.25) is 5.91 Å². The van der Waals surface area contributed by atoms with E-state index in [4.69, 9.17) is 0 Å². The van der Waals surface area contributed by atoms with Crippen molar-refractivity contribution >= 4 is 28.3 Å². The fourth-order valence-corrected chi connectivity index (χ4v) is 3.44. The van der Waals surface area contributed by atoms with Gasteiger partial charge in [-0.05, 0) is 52.7 Å². The zero-order valence-electron chi connectivity index (χ0n) is 16.7. The van der Waals surface area contributed by atoms with Crippen LogP contribution in [0.4, 0.5) is 10.1 Å². The van der Waals surface area contributed by atoms with Crippen molar-refractivity contribution in [3.63, 3.8) is 0 Å². The van der Waals surface area contributed by atoms with Gasteiger partial charge < -0.3 is 10.6 Å². The molecule has 5 heteroatoms. The molecule has 0 aliphatic rings. The molecule has 4 nitrogen and oxygen atoms in total. The lowest BCUT2D eigenvalue weighted by atomic mass is 10.0. The van der Waals surface area contributed by atoms with E-state index in [1.165, 1.54) is 12.1 Å². The van der Waals surface area contributed by atoms with Crippen molar-refractivity contribution in [3.8, 4) is 0 Å². The first-order valence-electron chi connectivity index (χ1n) is 9.98. The van der Waals surface area contributed by atoms with Gasteiger partial charge in [-0.2, -0.15) is 0 Å². The van der Waals surface area contributed by atoms with E-state index in [0.29, 0.717) is 16.8 Å². The van der Waals surface area contributed by atoms with E-state index in [-0.39, 0.29) is 24.1 Å². The Hall–Kier alpha value is -3.99. The molecule has 0 unspecified atom stereocenters. The second-order valence-electron chi connectivity index (χ2n) is 7.26. The highest BCUT2D eigenvalue weighted by atomic mass is 19.1. The van der Waals surface area contributed by atoms with Crippen LogP contribution in [0.5, 0.6) is 0 Å². The molecule has 0 saturated heterocycles. The van der Waals surface area contributed by atoms with Crippen molar-refractivity contribution in [1.29, 1.82) is 0 Å². The molecule has 4 aromatic rings. The number of carbonyl (C=O) groups is 2.